The number of nitrogens with two attached hydrogens (primary N) is 3. The molecule has 182 valence electrons. The van der Waals surface area contributed by atoms with Gasteiger partial charge in [0.1, 0.15) is 18.1 Å². The van der Waals surface area contributed by atoms with Gasteiger partial charge in [0.25, 0.3) is 0 Å². The van der Waals surface area contributed by atoms with Crippen LogP contribution in [0.2, 0.25) is 0 Å². The van der Waals surface area contributed by atoms with E-state index in [-0.39, 0.29) is 12.8 Å². The van der Waals surface area contributed by atoms with Crippen LogP contribution in [-0.2, 0) is 28.8 Å². The van der Waals surface area contributed by atoms with Gasteiger partial charge >= 0.3 is 5.97 Å². The summed E-state index contributed by atoms with van der Waals surface area (Å²) in [5, 5.41) is 25.5. The zero-order valence-electron chi connectivity index (χ0n) is 18.0. The fourth-order valence-corrected chi connectivity index (χ4v) is 2.55. The molecule has 0 aliphatic carbocycles. The van der Waals surface area contributed by atoms with Crippen molar-refractivity contribution >= 4 is 35.5 Å². The summed E-state index contributed by atoms with van der Waals surface area (Å²) in [5.41, 5.74) is 15.5. The summed E-state index contributed by atoms with van der Waals surface area (Å²) in [6.45, 7) is 2.47. The Kier molecular flexibility index (Phi) is 12.5. The zero-order chi connectivity index (χ0) is 25.0. The second-order valence-electron chi connectivity index (χ2n) is 7.30. The number of aliphatic hydroxyl groups is 1. The quantitative estimate of drug-likeness (QED) is 0.118. The van der Waals surface area contributed by atoms with Crippen molar-refractivity contribution in [2.24, 2.45) is 23.1 Å². The van der Waals surface area contributed by atoms with Crippen molar-refractivity contribution in [3.8, 4) is 0 Å². The summed E-state index contributed by atoms with van der Waals surface area (Å²) in [6.07, 6.45) is -0.618. The molecule has 5 unspecified atom stereocenters. The average Bonchev–Trinajstić information content (AvgIpc) is 2.70. The fraction of sp³-hybridized carbons (Fsp3) is 0.667. The third-order valence-electron chi connectivity index (χ3n) is 4.66. The number of carbonyl (C=O) groups excluding carboxylic acids is 5. The molecule has 0 fully saturated rings. The van der Waals surface area contributed by atoms with Crippen LogP contribution in [0.15, 0.2) is 0 Å². The zero-order valence-corrected chi connectivity index (χ0v) is 18.0. The molecule has 5 atom stereocenters. The van der Waals surface area contributed by atoms with Crippen molar-refractivity contribution in [1.29, 1.82) is 0 Å². The van der Waals surface area contributed by atoms with Crippen LogP contribution in [0, 0.1) is 5.92 Å². The van der Waals surface area contributed by atoms with Crippen LogP contribution >= 0.6 is 0 Å². The second-order valence-corrected chi connectivity index (χ2v) is 7.30. The summed E-state index contributed by atoms with van der Waals surface area (Å²) in [7, 11) is 0. The number of nitrogens with one attached hydrogen (secondary N) is 3. The van der Waals surface area contributed by atoms with Gasteiger partial charge in [-0.15, -0.1) is 0 Å². The van der Waals surface area contributed by atoms with E-state index in [0.29, 0.717) is 6.42 Å². The molecule has 0 rings (SSSR count). The molecule has 0 aliphatic rings. The Labute approximate surface area is 184 Å². The van der Waals surface area contributed by atoms with Crippen LogP contribution < -0.4 is 33.2 Å². The lowest BCUT2D eigenvalue weighted by Gasteiger charge is -2.26. The van der Waals surface area contributed by atoms with Gasteiger partial charge in [0.05, 0.1) is 19.1 Å². The number of hydrogen-bond donors (Lipinski definition) is 8. The average molecular weight is 460 g/mol. The number of carboxylic acid groups (broad SMARTS) is 1. The van der Waals surface area contributed by atoms with Gasteiger partial charge in [0, 0.05) is 6.42 Å². The number of primary amides is 2. The maximum absolute atomic E-state index is 12.6. The van der Waals surface area contributed by atoms with Crippen molar-refractivity contribution < 1.29 is 39.0 Å². The van der Waals surface area contributed by atoms with Crippen molar-refractivity contribution in [2.45, 2.75) is 63.7 Å². The van der Waals surface area contributed by atoms with Crippen molar-refractivity contribution in [3.05, 3.63) is 0 Å². The lowest BCUT2D eigenvalue weighted by Crippen LogP contribution is -2.58. The highest BCUT2D eigenvalue weighted by molar-refractivity contribution is 5.95. The molecule has 11 N–H and O–H groups in total. The minimum Gasteiger partial charge on any atom is -0.480 e. The summed E-state index contributed by atoms with van der Waals surface area (Å²) in [4.78, 5) is 70.6. The Morgan fingerprint density at radius 1 is 0.875 bits per heavy atom. The summed E-state index contributed by atoms with van der Waals surface area (Å²) < 4.78 is 0. The first-order chi connectivity index (χ1) is 14.8. The van der Waals surface area contributed by atoms with E-state index in [1.54, 1.807) is 13.8 Å². The smallest absolute Gasteiger partial charge is 0.326 e. The molecule has 0 aliphatic heterocycles. The highest BCUT2D eigenvalue weighted by atomic mass is 16.4. The second kappa shape index (κ2) is 13.9. The predicted octanol–water partition coefficient (Wildman–Crippen LogP) is -3.97. The van der Waals surface area contributed by atoms with Gasteiger partial charge in [-0.2, -0.15) is 0 Å². The van der Waals surface area contributed by atoms with Crippen molar-refractivity contribution in [1.82, 2.24) is 16.0 Å². The van der Waals surface area contributed by atoms with Crippen LogP contribution in [-0.4, -0.2) is 76.5 Å². The molecular formula is C18H32N6O8. The fourth-order valence-electron chi connectivity index (χ4n) is 2.55. The molecule has 0 radical (unpaired) electrons. The molecule has 0 saturated heterocycles. The van der Waals surface area contributed by atoms with E-state index in [0.717, 1.165) is 0 Å². The number of hydrogen-bond acceptors (Lipinski definition) is 8. The maximum atomic E-state index is 12.6. The standard InChI is InChI=1S/C18H32N6O8/c1-3-8(2)14(18(31)32)24-16(29)10(4-5-12(20)26)22-17(30)11(7-25)23-15(28)9(19)6-13(21)27/h8-11,14,25H,3-7,19H2,1-2H3,(H2,20,26)(H2,21,27)(H,22,30)(H,23,28)(H,24,29)(H,31,32). The predicted molar refractivity (Wildman–Crippen MR) is 110 cm³/mol. The monoisotopic (exact) mass is 460 g/mol. The number of rotatable bonds is 15. The molecule has 14 nitrogen and oxygen atoms in total. The van der Waals surface area contributed by atoms with E-state index < -0.39 is 78.6 Å². The minimum atomic E-state index is -1.55. The SMILES string of the molecule is CCC(C)C(NC(=O)C(CCC(N)=O)NC(=O)C(CO)NC(=O)C(N)CC(N)=O)C(=O)O. The first-order valence-corrected chi connectivity index (χ1v) is 9.90. The topological polar surface area (TPSA) is 257 Å². The normalized spacial score (nSPS) is 15.4. The lowest BCUT2D eigenvalue weighted by atomic mass is 9.98. The Morgan fingerprint density at radius 2 is 1.41 bits per heavy atom. The number of carbonyl (C=O) groups is 6. The molecule has 0 heterocycles. The first kappa shape index (κ1) is 28.7. The largest absolute Gasteiger partial charge is 0.480 e. The van der Waals surface area contributed by atoms with Gasteiger partial charge in [-0.1, -0.05) is 20.3 Å². The first-order valence-electron chi connectivity index (χ1n) is 9.90. The molecule has 5 amide bonds. The summed E-state index contributed by atoms with van der Waals surface area (Å²) in [6, 6.07) is -5.54. The lowest BCUT2D eigenvalue weighted by molar-refractivity contribution is -0.144. The van der Waals surface area contributed by atoms with E-state index in [9.17, 15) is 39.0 Å². The molecule has 0 bridgehead atoms. The molecule has 0 saturated carbocycles. The molecule has 32 heavy (non-hydrogen) atoms. The van der Waals surface area contributed by atoms with Crippen LogP contribution in [0.3, 0.4) is 0 Å². The Hall–Kier alpha value is -3.26. The van der Waals surface area contributed by atoms with E-state index in [1.165, 1.54) is 0 Å². The molecule has 14 heteroatoms. The van der Waals surface area contributed by atoms with E-state index in [1.807, 2.05) is 0 Å². The van der Waals surface area contributed by atoms with Crippen LogP contribution in [0.4, 0.5) is 0 Å². The van der Waals surface area contributed by atoms with Crippen LogP contribution in [0.25, 0.3) is 0 Å². The Bertz CT molecular complexity index is 716. The highest BCUT2D eigenvalue weighted by Crippen LogP contribution is 2.09. The molecule has 0 spiro atoms. The van der Waals surface area contributed by atoms with Crippen molar-refractivity contribution in [3.63, 3.8) is 0 Å². The van der Waals surface area contributed by atoms with Gasteiger partial charge in [-0.25, -0.2) is 4.79 Å². The highest BCUT2D eigenvalue weighted by Gasteiger charge is 2.32. The Morgan fingerprint density at radius 3 is 1.84 bits per heavy atom. The molecule has 0 aromatic carbocycles. The number of aliphatic carboxylic acids is 1. The third kappa shape index (κ3) is 10.2. The van der Waals surface area contributed by atoms with Gasteiger partial charge < -0.3 is 43.4 Å². The number of carboxylic acids is 1. The number of aliphatic hydroxyl groups excluding tert-OH is 1. The minimum absolute atomic E-state index is 0.257. The molecule has 0 aromatic rings. The summed E-state index contributed by atoms with van der Waals surface area (Å²) >= 11 is 0. The number of amides is 5. The maximum Gasteiger partial charge on any atom is 0.326 e. The Balaban J connectivity index is 5.39. The van der Waals surface area contributed by atoms with Crippen molar-refractivity contribution in [2.75, 3.05) is 6.61 Å². The summed E-state index contributed by atoms with van der Waals surface area (Å²) in [5.74, 6) is -6.17. The van der Waals surface area contributed by atoms with Crippen LogP contribution in [0.5, 0.6) is 0 Å². The van der Waals surface area contributed by atoms with E-state index >= 15 is 0 Å². The van der Waals surface area contributed by atoms with E-state index in [4.69, 9.17) is 17.2 Å². The van der Waals surface area contributed by atoms with Gasteiger partial charge in [0.2, 0.25) is 29.5 Å². The molecule has 0 aromatic heterocycles. The van der Waals surface area contributed by atoms with Crippen LogP contribution in [0.1, 0.15) is 39.5 Å². The van der Waals surface area contributed by atoms with Gasteiger partial charge in [-0.3, -0.25) is 24.0 Å². The van der Waals surface area contributed by atoms with E-state index in [2.05, 4.69) is 16.0 Å². The molecular weight excluding hydrogens is 428 g/mol. The van der Waals surface area contributed by atoms with Gasteiger partial charge in [0.15, 0.2) is 0 Å². The third-order valence-corrected chi connectivity index (χ3v) is 4.66. The van der Waals surface area contributed by atoms with Gasteiger partial charge in [-0.05, 0) is 12.3 Å².